The number of aryl methyl sites for hydroxylation is 1. The minimum Gasteiger partial charge on any atom is -0.220 e. The van der Waals surface area contributed by atoms with Gasteiger partial charge in [-0.1, -0.05) is 26.8 Å². The summed E-state index contributed by atoms with van der Waals surface area (Å²) in [5.74, 6) is -0.589. The van der Waals surface area contributed by atoms with Gasteiger partial charge < -0.3 is 0 Å². The van der Waals surface area contributed by atoms with E-state index >= 15 is 0 Å². The lowest BCUT2D eigenvalue weighted by molar-refractivity contribution is 0.242. The predicted molar refractivity (Wildman–Crippen MR) is 122 cm³/mol. The van der Waals surface area contributed by atoms with E-state index < -0.39 is 17.0 Å². The Morgan fingerprint density at radius 1 is 1.09 bits per heavy atom. The van der Waals surface area contributed by atoms with Crippen LogP contribution < -0.4 is 0 Å². The molecule has 2 atom stereocenters. The highest BCUT2D eigenvalue weighted by Gasteiger charge is 2.65. The minimum absolute atomic E-state index is 0.137. The molecule has 6 nitrogen and oxygen atoms in total. The third-order valence-corrected chi connectivity index (χ3v) is 7.89. The molecule has 3 heterocycles. The van der Waals surface area contributed by atoms with Crippen LogP contribution >= 0.6 is 0 Å². The molecule has 1 saturated carbocycles. The maximum absolute atomic E-state index is 14.5. The van der Waals surface area contributed by atoms with Crippen molar-refractivity contribution < 1.29 is 8.78 Å². The Hall–Kier alpha value is -3.55. The fraction of sp³-hybridized carbons (Fsp3) is 0.346. The largest absolute Gasteiger partial charge is 0.250 e. The minimum atomic E-state index is -0.641. The molecule has 2 bridgehead atoms. The molecule has 2 aliphatic carbocycles. The lowest BCUT2D eigenvalue weighted by atomic mass is 9.66. The van der Waals surface area contributed by atoms with Gasteiger partial charge in [0.2, 0.25) is 0 Å². The molecule has 1 aromatic carbocycles. The van der Waals surface area contributed by atoms with Crippen LogP contribution in [0.3, 0.4) is 0 Å². The summed E-state index contributed by atoms with van der Waals surface area (Å²) in [5.41, 5.74) is 3.09. The zero-order valence-electron chi connectivity index (χ0n) is 19.3. The first-order valence-corrected chi connectivity index (χ1v) is 11.6. The molecule has 8 heteroatoms. The number of nitrogens with zero attached hydrogens (tertiary/aromatic N) is 6. The van der Waals surface area contributed by atoms with E-state index in [1.807, 2.05) is 24.4 Å². The zero-order chi connectivity index (χ0) is 23.7. The average Bonchev–Trinajstić information content (AvgIpc) is 3.47. The maximum atomic E-state index is 14.5. The highest BCUT2D eigenvalue weighted by Crippen LogP contribution is 2.69. The van der Waals surface area contributed by atoms with Crippen LogP contribution in [0.4, 0.5) is 8.78 Å². The van der Waals surface area contributed by atoms with Crippen molar-refractivity contribution in [1.29, 1.82) is 0 Å². The normalized spacial score (nSPS) is 22.2. The number of rotatable bonds is 4. The Balaban J connectivity index is 1.51. The van der Waals surface area contributed by atoms with Gasteiger partial charge in [0.05, 0.1) is 33.8 Å². The molecule has 4 aromatic rings. The molecule has 0 spiro atoms. The number of benzene rings is 1. The van der Waals surface area contributed by atoms with Crippen molar-refractivity contribution >= 4 is 0 Å². The highest BCUT2D eigenvalue weighted by molar-refractivity contribution is 5.64. The molecule has 0 radical (unpaired) electrons. The number of aromatic nitrogens is 6. The van der Waals surface area contributed by atoms with Gasteiger partial charge >= 0.3 is 0 Å². The summed E-state index contributed by atoms with van der Waals surface area (Å²) in [6.45, 7) is 6.50. The fourth-order valence-corrected chi connectivity index (χ4v) is 6.11. The van der Waals surface area contributed by atoms with E-state index in [0.29, 0.717) is 5.95 Å². The van der Waals surface area contributed by atoms with Crippen LogP contribution in [0.25, 0.3) is 17.2 Å². The van der Waals surface area contributed by atoms with E-state index in [-0.39, 0.29) is 22.6 Å². The standard InChI is InChI=1S/C26H24F2N6/c1-4-15-10-13-34(33-15)24-29-12-9-21(30-24)26-11-8-17(25(26,2)3)16-14-20(31-32-23(16)26)22-18(27)6-5-7-19(22)28/h5-7,9-10,12-14,17H,4,8,11H2,1-3H3/t17-,26-/m0/s1. The Morgan fingerprint density at radius 3 is 2.62 bits per heavy atom. The zero-order valence-corrected chi connectivity index (χ0v) is 19.3. The second-order valence-corrected chi connectivity index (χ2v) is 9.70. The molecule has 0 aliphatic heterocycles. The van der Waals surface area contributed by atoms with E-state index in [4.69, 9.17) is 4.98 Å². The monoisotopic (exact) mass is 458 g/mol. The van der Waals surface area contributed by atoms with Crippen molar-refractivity contribution in [2.75, 3.05) is 0 Å². The third-order valence-electron chi connectivity index (χ3n) is 7.89. The van der Waals surface area contributed by atoms with Crippen molar-refractivity contribution in [3.8, 4) is 17.2 Å². The summed E-state index contributed by atoms with van der Waals surface area (Å²) in [5, 5.41) is 13.5. The van der Waals surface area contributed by atoms with Crippen LogP contribution in [-0.2, 0) is 11.8 Å². The van der Waals surface area contributed by atoms with Crippen molar-refractivity contribution in [3.05, 3.63) is 83.1 Å². The summed E-state index contributed by atoms with van der Waals surface area (Å²) >= 11 is 0. The van der Waals surface area contributed by atoms with E-state index in [9.17, 15) is 8.78 Å². The Labute approximate surface area is 196 Å². The van der Waals surface area contributed by atoms with Gasteiger partial charge in [-0.25, -0.2) is 23.4 Å². The van der Waals surface area contributed by atoms with Gasteiger partial charge in [0.1, 0.15) is 11.6 Å². The van der Waals surface area contributed by atoms with Crippen molar-refractivity contribution in [1.82, 2.24) is 29.9 Å². The second kappa shape index (κ2) is 7.22. The molecular weight excluding hydrogens is 434 g/mol. The number of fused-ring (bicyclic) bond motifs is 5. The first-order chi connectivity index (χ1) is 16.4. The highest BCUT2D eigenvalue weighted by atomic mass is 19.1. The third kappa shape index (κ3) is 2.68. The molecule has 172 valence electrons. The quantitative estimate of drug-likeness (QED) is 0.422. The summed E-state index contributed by atoms with van der Waals surface area (Å²) in [4.78, 5) is 9.40. The first kappa shape index (κ1) is 21.0. The van der Waals surface area contributed by atoms with E-state index in [1.165, 1.54) is 18.2 Å². The molecular formula is C26H24F2N6. The molecule has 2 aliphatic rings. The predicted octanol–water partition coefficient (Wildman–Crippen LogP) is 5.16. The van der Waals surface area contributed by atoms with Gasteiger partial charge in [-0.05, 0) is 66.5 Å². The van der Waals surface area contributed by atoms with Gasteiger partial charge in [0, 0.05) is 12.4 Å². The van der Waals surface area contributed by atoms with Crippen molar-refractivity contribution in [2.45, 2.75) is 51.4 Å². The molecule has 0 unspecified atom stereocenters. The van der Waals surface area contributed by atoms with E-state index in [0.717, 1.165) is 41.9 Å². The maximum Gasteiger partial charge on any atom is 0.250 e. The fourth-order valence-electron chi connectivity index (χ4n) is 6.11. The van der Waals surface area contributed by atoms with E-state index in [2.05, 4.69) is 41.1 Å². The van der Waals surface area contributed by atoms with Gasteiger partial charge in [-0.15, -0.1) is 5.10 Å². The molecule has 0 saturated heterocycles. The van der Waals surface area contributed by atoms with Crippen LogP contribution in [0, 0.1) is 17.0 Å². The van der Waals surface area contributed by atoms with Crippen molar-refractivity contribution in [2.24, 2.45) is 5.41 Å². The summed E-state index contributed by atoms with van der Waals surface area (Å²) in [7, 11) is 0. The molecule has 0 N–H and O–H groups in total. The van der Waals surface area contributed by atoms with Crippen molar-refractivity contribution in [3.63, 3.8) is 0 Å². The Morgan fingerprint density at radius 2 is 1.88 bits per heavy atom. The first-order valence-electron chi connectivity index (χ1n) is 11.6. The van der Waals surface area contributed by atoms with Gasteiger partial charge in [-0.2, -0.15) is 10.2 Å². The molecule has 3 aromatic heterocycles. The van der Waals surface area contributed by atoms with Gasteiger partial charge in [0.25, 0.3) is 5.95 Å². The summed E-state index contributed by atoms with van der Waals surface area (Å²) in [6, 6.07) is 9.56. The number of hydrogen-bond donors (Lipinski definition) is 0. The smallest absolute Gasteiger partial charge is 0.220 e. The topological polar surface area (TPSA) is 69.4 Å². The Kier molecular flexibility index (Phi) is 4.46. The van der Waals surface area contributed by atoms with Crippen LogP contribution in [-0.4, -0.2) is 29.9 Å². The van der Waals surface area contributed by atoms with E-state index in [1.54, 1.807) is 10.9 Å². The second-order valence-electron chi connectivity index (χ2n) is 9.70. The molecule has 0 amide bonds. The van der Waals surface area contributed by atoms with Crippen LogP contribution in [0.1, 0.15) is 62.2 Å². The lowest BCUT2D eigenvalue weighted by Crippen LogP contribution is -2.38. The number of halogens is 2. The lowest BCUT2D eigenvalue weighted by Gasteiger charge is -2.37. The van der Waals surface area contributed by atoms with Gasteiger partial charge in [-0.3, -0.25) is 0 Å². The number of hydrogen-bond acceptors (Lipinski definition) is 5. The van der Waals surface area contributed by atoms with Crippen LogP contribution in [0.5, 0.6) is 0 Å². The van der Waals surface area contributed by atoms with Crippen LogP contribution in [0.2, 0.25) is 0 Å². The SMILES string of the molecule is CCc1ccn(-c2nccc([C@@]34CC[C@@H](c5cc(-c6c(F)cccc6F)nnc53)C4(C)C)n2)n1. The molecule has 6 rings (SSSR count). The Bertz CT molecular complexity index is 1410. The molecule has 1 fully saturated rings. The summed E-state index contributed by atoms with van der Waals surface area (Å²) < 4.78 is 30.6. The summed E-state index contributed by atoms with van der Waals surface area (Å²) in [6.07, 6.45) is 6.27. The average molecular weight is 459 g/mol. The van der Waals surface area contributed by atoms with Crippen LogP contribution in [0.15, 0.2) is 48.8 Å². The molecule has 34 heavy (non-hydrogen) atoms. The van der Waals surface area contributed by atoms with Gasteiger partial charge in [0.15, 0.2) is 0 Å².